The van der Waals surface area contributed by atoms with Crippen LogP contribution in [0, 0.1) is 0 Å². The van der Waals surface area contributed by atoms with Crippen molar-refractivity contribution in [1.29, 1.82) is 0 Å². The van der Waals surface area contributed by atoms with E-state index in [0.29, 0.717) is 6.42 Å². The molecule has 0 heterocycles. The zero-order valence-electron chi connectivity index (χ0n) is 5.81. The lowest BCUT2D eigenvalue weighted by atomic mass is 10.2. The summed E-state index contributed by atoms with van der Waals surface area (Å²) in [6, 6.07) is 0. The third kappa shape index (κ3) is 5.50. The fraction of sp³-hybridized carbons (Fsp3) is 0.571. The Morgan fingerprint density at radius 2 is 2.22 bits per heavy atom. The van der Waals surface area contributed by atoms with Gasteiger partial charge in [0.05, 0.1) is 0 Å². The van der Waals surface area contributed by atoms with E-state index < -0.39 is 0 Å². The van der Waals surface area contributed by atoms with Crippen molar-refractivity contribution in [3.05, 3.63) is 11.6 Å². The highest BCUT2D eigenvalue weighted by Gasteiger charge is 1.90. The predicted octanol–water partition coefficient (Wildman–Crippen LogP) is 2.46. The molecule has 0 aliphatic carbocycles. The van der Waals surface area contributed by atoms with E-state index >= 15 is 0 Å². The maximum absolute atomic E-state index is 10.2. The Morgan fingerprint density at radius 1 is 1.67 bits per heavy atom. The molecular weight excluding hydrogens is 132 g/mol. The average molecular weight is 143 g/mol. The van der Waals surface area contributed by atoms with Crippen molar-refractivity contribution in [2.75, 3.05) is 0 Å². The molecule has 0 unspecified atom stereocenters. The number of hydrogen-bond acceptors (Lipinski definition) is 1. The van der Waals surface area contributed by atoms with Crippen LogP contribution in [0.3, 0.4) is 0 Å². The molecule has 0 amide bonds. The highest BCUT2D eigenvalue weighted by atomic mass is 32.1. The molecule has 9 heavy (non-hydrogen) atoms. The quantitative estimate of drug-likeness (QED) is 0.555. The van der Waals surface area contributed by atoms with Gasteiger partial charge in [0, 0.05) is 6.42 Å². The Kier molecular flexibility index (Phi) is 4.32. The number of hydrogen-bond donors (Lipinski definition) is 0. The van der Waals surface area contributed by atoms with Gasteiger partial charge < -0.3 is 0 Å². The maximum atomic E-state index is 10.2. The lowest BCUT2D eigenvalue weighted by molar-refractivity contribution is -0.110. The second kappa shape index (κ2) is 4.50. The number of carbonyl (C=O) groups is 1. The van der Waals surface area contributed by atoms with E-state index in [1.54, 1.807) is 0 Å². The summed E-state index contributed by atoms with van der Waals surface area (Å²) in [5.41, 5.74) is 1.23. The van der Waals surface area contributed by atoms with Crippen LogP contribution < -0.4 is 0 Å². The molecular formula is C7H11OS. The molecule has 0 spiro atoms. The van der Waals surface area contributed by atoms with Gasteiger partial charge in [-0.15, -0.1) is 0 Å². The lowest BCUT2D eigenvalue weighted by Crippen LogP contribution is -1.81. The smallest absolute Gasteiger partial charge is 0.222 e. The first-order valence-corrected chi connectivity index (χ1v) is 3.43. The first-order chi connectivity index (χ1) is 4.16. The van der Waals surface area contributed by atoms with E-state index in [-0.39, 0.29) is 5.12 Å². The molecule has 0 bridgehead atoms. The van der Waals surface area contributed by atoms with Crippen molar-refractivity contribution >= 4 is 17.7 Å². The minimum atomic E-state index is -0.178. The Balaban J connectivity index is 3.56. The first kappa shape index (κ1) is 8.63. The topological polar surface area (TPSA) is 17.1 Å². The van der Waals surface area contributed by atoms with Gasteiger partial charge in [0.2, 0.25) is 5.12 Å². The van der Waals surface area contributed by atoms with E-state index in [9.17, 15) is 4.79 Å². The Morgan fingerprint density at radius 3 is 2.56 bits per heavy atom. The number of rotatable bonds is 3. The van der Waals surface area contributed by atoms with Gasteiger partial charge in [-0.25, -0.2) is 0 Å². The minimum Gasteiger partial charge on any atom is -0.282 e. The van der Waals surface area contributed by atoms with Gasteiger partial charge in [-0.05, 0) is 26.0 Å². The molecule has 0 saturated heterocycles. The SMILES string of the molecule is CC/C(C)=C/CC(=O)[S]. The van der Waals surface area contributed by atoms with E-state index in [0.717, 1.165) is 6.42 Å². The highest BCUT2D eigenvalue weighted by molar-refractivity contribution is 7.96. The van der Waals surface area contributed by atoms with Crippen molar-refractivity contribution in [3.63, 3.8) is 0 Å². The minimum absolute atomic E-state index is 0.178. The monoisotopic (exact) mass is 143 g/mol. The zero-order valence-corrected chi connectivity index (χ0v) is 6.62. The van der Waals surface area contributed by atoms with Crippen molar-refractivity contribution in [2.45, 2.75) is 26.7 Å². The zero-order chi connectivity index (χ0) is 7.28. The Labute approximate surface area is 61.6 Å². The molecule has 0 aromatic rings. The molecule has 0 aliphatic rings. The summed E-state index contributed by atoms with van der Waals surface area (Å²) in [6.45, 7) is 4.05. The van der Waals surface area contributed by atoms with E-state index in [1.807, 2.05) is 13.0 Å². The largest absolute Gasteiger partial charge is 0.282 e. The van der Waals surface area contributed by atoms with Crippen LogP contribution in [-0.4, -0.2) is 5.12 Å². The molecule has 0 saturated carbocycles. The second-order valence-corrected chi connectivity index (χ2v) is 2.44. The van der Waals surface area contributed by atoms with Crippen LogP contribution in [0.1, 0.15) is 26.7 Å². The lowest BCUT2D eigenvalue weighted by Gasteiger charge is -1.90. The van der Waals surface area contributed by atoms with Gasteiger partial charge >= 0.3 is 0 Å². The number of carbonyl (C=O) groups excluding carboxylic acids is 1. The maximum Gasteiger partial charge on any atom is 0.222 e. The fourth-order valence-electron chi connectivity index (χ4n) is 0.402. The summed E-state index contributed by atoms with van der Waals surface area (Å²) < 4.78 is 0. The summed E-state index contributed by atoms with van der Waals surface area (Å²) >= 11 is 4.36. The van der Waals surface area contributed by atoms with Crippen molar-refractivity contribution in [1.82, 2.24) is 0 Å². The summed E-state index contributed by atoms with van der Waals surface area (Å²) in [5.74, 6) is 0. The van der Waals surface area contributed by atoms with Gasteiger partial charge in [0.1, 0.15) is 0 Å². The third-order valence-corrected chi connectivity index (χ3v) is 1.34. The van der Waals surface area contributed by atoms with Gasteiger partial charge in [0.15, 0.2) is 0 Å². The average Bonchev–Trinajstić information content (AvgIpc) is 1.83. The fourth-order valence-corrected chi connectivity index (χ4v) is 0.485. The van der Waals surface area contributed by atoms with Crippen molar-refractivity contribution in [2.24, 2.45) is 0 Å². The first-order valence-electron chi connectivity index (χ1n) is 3.02. The molecule has 0 aliphatic heterocycles. The highest BCUT2D eigenvalue weighted by Crippen LogP contribution is 2.00. The summed E-state index contributed by atoms with van der Waals surface area (Å²) in [6.07, 6.45) is 3.30. The van der Waals surface area contributed by atoms with Crippen LogP contribution in [-0.2, 0) is 4.79 Å². The number of allylic oxidation sites excluding steroid dienone is 2. The van der Waals surface area contributed by atoms with E-state index in [2.05, 4.69) is 19.6 Å². The Hall–Kier alpha value is -0.370. The van der Waals surface area contributed by atoms with Crippen molar-refractivity contribution < 1.29 is 4.79 Å². The van der Waals surface area contributed by atoms with Gasteiger partial charge in [-0.3, -0.25) is 4.79 Å². The molecule has 0 fully saturated rings. The van der Waals surface area contributed by atoms with Crippen LogP contribution >= 0.6 is 12.6 Å². The van der Waals surface area contributed by atoms with E-state index in [1.165, 1.54) is 5.57 Å². The molecule has 0 rings (SSSR count). The normalized spacial score (nSPS) is 11.6. The van der Waals surface area contributed by atoms with Crippen LogP contribution in [0.5, 0.6) is 0 Å². The molecule has 0 aromatic heterocycles. The molecule has 1 nitrogen and oxygen atoms in total. The molecule has 0 N–H and O–H groups in total. The molecule has 0 atom stereocenters. The summed E-state index contributed by atoms with van der Waals surface area (Å²) in [5, 5.41) is -0.178. The van der Waals surface area contributed by atoms with Crippen LogP contribution in [0.25, 0.3) is 0 Å². The Bertz CT molecular complexity index is 127. The molecule has 2 heteroatoms. The van der Waals surface area contributed by atoms with Gasteiger partial charge in [-0.2, -0.15) is 0 Å². The molecule has 0 aromatic carbocycles. The van der Waals surface area contributed by atoms with Gasteiger partial charge in [-0.1, -0.05) is 18.6 Å². The summed E-state index contributed by atoms with van der Waals surface area (Å²) in [4.78, 5) is 10.2. The second-order valence-electron chi connectivity index (χ2n) is 1.98. The van der Waals surface area contributed by atoms with Crippen LogP contribution in [0.15, 0.2) is 11.6 Å². The van der Waals surface area contributed by atoms with E-state index in [4.69, 9.17) is 0 Å². The summed E-state index contributed by atoms with van der Waals surface area (Å²) in [7, 11) is 0. The van der Waals surface area contributed by atoms with Gasteiger partial charge in [0.25, 0.3) is 0 Å². The molecule has 51 valence electrons. The van der Waals surface area contributed by atoms with Crippen molar-refractivity contribution in [3.8, 4) is 0 Å². The van der Waals surface area contributed by atoms with Crippen LogP contribution in [0.2, 0.25) is 0 Å². The standard InChI is InChI=1S/C7H11OS/c1-3-6(2)4-5-7(8)9/h4H,3,5H2,1-2H3/b6-4+. The van der Waals surface area contributed by atoms with Crippen LogP contribution in [0.4, 0.5) is 0 Å². The third-order valence-electron chi connectivity index (χ3n) is 1.17. The predicted molar refractivity (Wildman–Crippen MR) is 41.3 cm³/mol. The molecule has 1 radical (unpaired) electrons.